The quantitative estimate of drug-likeness (QED) is 0.862. The molecule has 1 N–H and O–H groups in total. The van der Waals surface area contributed by atoms with Crippen LogP contribution >= 0.6 is 0 Å². The maximum absolute atomic E-state index is 12.7. The van der Waals surface area contributed by atoms with Crippen LogP contribution in [-0.2, 0) is 16.2 Å². The van der Waals surface area contributed by atoms with Crippen molar-refractivity contribution in [1.29, 1.82) is 0 Å². The molecular formula is C15H11F3NO5S-. The fourth-order valence-corrected chi connectivity index (χ4v) is 3.23. The highest BCUT2D eigenvalue weighted by molar-refractivity contribution is 7.92. The van der Waals surface area contributed by atoms with Gasteiger partial charge in [0.25, 0.3) is 10.0 Å². The molecule has 2 rings (SSSR count). The summed E-state index contributed by atoms with van der Waals surface area (Å²) in [6, 6.07) is 6.55. The molecule has 0 heterocycles. The Hall–Kier alpha value is -2.75. The number of hydrogen-bond acceptors (Lipinski definition) is 5. The number of carbonyl (C=O) groups excluding carboxylic acids is 1. The molecule has 134 valence electrons. The minimum atomic E-state index is -4.64. The van der Waals surface area contributed by atoms with Crippen molar-refractivity contribution in [2.24, 2.45) is 0 Å². The molecule has 0 aliphatic heterocycles. The van der Waals surface area contributed by atoms with Gasteiger partial charge in [0, 0.05) is 5.69 Å². The predicted octanol–water partition coefficient (Wildman–Crippen LogP) is 1.88. The normalized spacial score (nSPS) is 11.8. The second kappa shape index (κ2) is 6.63. The van der Waals surface area contributed by atoms with E-state index in [1.807, 2.05) is 4.72 Å². The third-order valence-electron chi connectivity index (χ3n) is 3.13. The topological polar surface area (TPSA) is 95.5 Å². The summed E-state index contributed by atoms with van der Waals surface area (Å²) in [7, 11) is -3.24. The molecule has 0 saturated carbocycles. The molecule has 0 amide bonds. The van der Waals surface area contributed by atoms with Crippen LogP contribution in [0.15, 0.2) is 47.4 Å². The van der Waals surface area contributed by atoms with Crippen molar-refractivity contribution in [3.8, 4) is 5.75 Å². The zero-order chi connectivity index (χ0) is 18.8. The molecule has 0 aliphatic rings. The van der Waals surface area contributed by atoms with Crippen molar-refractivity contribution in [2.45, 2.75) is 11.1 Å². The highest BCUT2D eigenvalue weighted by Crippen LogP contribution is 2.32. The Balaban J connectivity index is 2.46. The molecule has 0 atom stereocenters. The molecular weight excluding hydrogens is 363 g/mol. The molecule has 0 bridgehead atoms. The maximum atomic E-state index is 12.7. The number of carbonyl (C=O) groups is 1. The van der Waals surface area contributed by atoms with Gasteiger partial charge < -0.3 is 14.6 Å². The van der Waals surface area contributed by atoms with E-state index in [9.17, 15) is 31.5 Å². The van der Waals surface area contributed by atoms with Crippen LogP contribution in [0.25, 0.3) is 0 Å². The van der Waals surface area contributed by atoms with Crippen molar-refractivity contribution in [2.75, 3.05) is 11.8 Å². The van der Waals surface area contributed by atoms with Gasteiger partial charge in [-0.2, -0.15) is 13.2 Å². The van der Waals surface area contributed by atoms with Gasteiger partial charge in [-0.15, -0.1) is 0 Å². The molecule has 0 spiro atoms. The Morgan fingerprint density at radius 3 is 2.40 bits per heavy atom. The van der Waals surface area contributed by atoms with E-state index < -0.39 is 38.2 Å². The van der Waals surface area contributed by atoms with E-state index in [-0.39, 0.29) is 11.4 Å². The first-order chi connectivity index (χ1) is 11.5. The maximum Gasteiger partial charge on any atom is 0.416 e. The molecule has 0 saturated heterocycles. The van der Waals surface area contributed by atoms with Crippen LogP contribution in [0, 0.1) is 0 Å². The summed E-state index contributed by atoms with van der Waals surface area (Å²) in [5.74, 6) is -1.79. The third kappa shape index (κ3) is 4.21. The number of nitrogens with one attached hydrogen (secondary N) is 1. The molecule has 0 radical (unpaired) electrons. The summed E-state index contributed by atoms with van der Waals surface area (Å²) >= 11 is 0. The number of hydrogen-bond donors (Lipinski definition) is 1. The third-order valence-corrected chi connectivity index (χ3v) is 4.53. The van der Waals surface area contributed by atoms with Crippen LogP contribution in [0.1, 0.15) is 15.9 Å². The van der Waals surface area contributed by atoms with E-state index in [4.69, 9.17) is 4.74 Å². The number of alkyl halides is 3. The lowest BCUT2D eigenvalue weighted by Gasteiger charge is -2.14. The number of ether oxygens (including phenoxy) is 1. The van der Waals surface area contributed by atoms with Crippen molar-refractivity contribution in [3.63, 3.8) is 0 Å². The van der Waals surface area contributed by atoms with E-state index >= 15 is 0 Å². The summed E-state index contributed by atoms with van der Waals surface area (Å²) in [6.45, 7) is 0. The second-order valence-corrected chi connectivity index (χ2v) is 6.49. The van der Waals surface area contributed by atoms with Crippen molar-refractivity contribution in [1.82, 2.24) is 0 Å². The zero-order valence-corrected chi connectivity index (χ0v) is 13.4. The lowest BCUT2D eigenvalue weighted by atomic mass is 10.2. The Morgan fingerprint density at radius 1 is 1.16 bits per heavy atom. The van der Waals surface area contributed by atoms with Crippen molar-refractivity contribution < 1.29 is 36.2 Å². The highest BCUT2D eigenvalue weighted by atomic mass is 32.2. The van der Waals surface area contributed by atoms with Crippen molar-refractivity contribution >= 4 is 21.7 Å². The first kappa shape index (κ1) is 18.6. The van der Waals surface area contributed by atoms with Gasteiger partial charge in [-0.25, -0.2) is 8.42 Å². The van der Waals surface area contributed by atoms with Crippen LogP contribution in [0.5, 0.6) is 5.75 Å². The Labute approximate surface area is 140 Å². The number of anilines is 1. The van der Waals surface area contributed by atoms with E-state index in [0.29, 0.717) is 6.07 Å². The second-order valence-electron chi connectivity index (χ2n) is 4.84. The first-order valence-electron chi connectivity index (χ1n) is 6.64. The van der Waals surface area contributed by atoms with E-state index in [1.54, 1.807) is 0 Å². The van der Waals surface area contributed by atoms with Crippen molar-refractivity contribution in [3.05, 3.63) is 53.6 Å². The van der Waals surface area contributed by atoms with Crippen LogP contribution in [0.4, 0.5) is 18.9 Å². The molecule has 10 heteroatoms. The molecule has 6 nitrogen and oxygen atoms in total. The van der Waals surface area contributed by atoms with Crippen LogP contribution < -0.4 is 14.6 Å². The minimum Gasteiger partial charge on any atom is -0.545 e. The van der Waals surface area contributed by atoms with E-state index in [1.165, 1.54) is 0 Å². The van der Waals surface area contributed by atoms with Gasteiger partial charge in [-0.1, -0.05) is 6.07 Å². The molecule has 2 aromatic carbocycles. The largest absolute Gasteiger partial charge is 0.545 e. The summed E-state index contributed by atoms with van der Waals surface area (Å²) < 4.78 is 69.8. The number of benzene rings is 2. The summed E-state index contributed by atoms with van der Waals surface area (Å²) in [6.07, 6.45) is -4.64. The lowest BCUT2D eigenvalue weighted by Crippen LogP contribution is -2.23. The van der Waals surface area contributed by atoms with Gasteiger partial charge in [0.1, 0.15) is 10.6 Å². The molecule has 0 unspecified atom stereocenters. The fraction of sp³-hybridized carbons (Fsp3) is 0.133. The van der Waals surface area contributed by atoms with Gasteiger partial charge in [-0.3, -0.25) is 4.72 Å². The Kier molecular flexibility index (Phi) is 4.93. The molecule has 0 aliphatic carbocycles. The highest BCUT2D eigenvalue weighted by Gasteiger charge is 2.31. The summed E-state index contributed by atoms with van der Waals surface area (Å²) in [5, 5.41) is 10.9. The first-order valence-corrected chi connectivity index (χ1v) is 8.12. The number of aromatic carboxylic acids is 1. The predicted molar refractivity (Wildman–Crippen MR) is 79.6 cm³/mol. The number of halogens is 3. The lowest BCUT2D eigenvalue weighted by molar-refractivity contribution is -0.255. The van der Waals surface area contributed by atoms with E-state index in [0.717, 1.165) is 43.5 Å². The standard InChI is InChI=1S/C15H12F3NO5S/c1-24-12-6-5-9(14(20)21)7-13(12)25(22,23)19-11-4-2-3-10(8-11)15(16,17)18/h2-8,19H,1H3,(H,20,21)/p-1. The number of carboxylic acids is 1. The smallest absolute Gasteiger partial charge is 0.416 e. The SMILES string of the molecule is COc1ccc(C(=O)[O-])cc1S(=O)(=O)Nc1cccc(C(F)(F)F)c1. The number of sulfonamides is 1. The van der Waals surface area contributed by atoms with E-state index in [2.05, 4.69) is 0 Å². The summed E-state index contributed by atoms with van der Waals surface area (Å²) in [4.78, 5) is 10.4. The van der Waals surface area contributed by atoms with Gasteiger partial charge in [0.05, 0.1) is 18.6 Å². The molecule has 0 fully saturated rings. The van der Waals surface area contributed by atoms with Gasteiger partial charge in [0.15, 0.2) is 0 Å². The minimum absolute atomic E-state index is 0.176. The number of rotatable bonds is 5. The monoisotopic (exact) mass is 374 g/mol. The average molecular weight is 374 g/mol. The Bertz CT molecular complexity index is 910. The average Bonchev–Trinajstić information content (AvgIpc) is 2.53. The molecule has 0 aromatic heterocycles. The van der Waals surface area contributed by atoms with Gasteiger partial charge in [0.2, 0.25) is 0 Å². The van der Waals surface area contributed by atoms with Crippen LogP contribution in [0.3, 0.4) is 0 Å². The van der Waals surface area contributed by atoms with Crippen LogP contribution in [0.2, 0.25) is 0 Å². The molecule has 25 heavy (non-hydrogen) atoms. The fourth-order valence-electron chi connectivity index (χ4n) is 1.98. The van der Waals surface area contributed by atoms with Gasteiger partial charge >= 0.3 is 6.18 Å². The zero-order valence-electron chi connectivity index (χ0n) is 12.6. The number of methoxy groups -OCH3 is 1. The number of carboxylic acid groups (broad SMARTS) is 1. The Morgan fingerprint density at radius 2 is 1.84 bits per heavy atom. The van der Waals surface area contributed by atoms with Crippen LogP contribution in [-0.4, -0.2) is 21.5 Å². The summed E-state index contributed by atoms with van der Waals surface area (Å²) in [5.41, 5.74) is -1.80. The van der Waals surface area contributed by atoms with Gasteiger partial charge in [-0.05, 0) is 42.0 Å². The molecule has 2 aromatic rings.